The van der Waals surface area contributed by atoms with Crippen molar-refractivity contribution in [1.29, 1.82) is 0 Å². The molecule has 1 aliphatic carbocycles. The number of aromatic nitrogens is 1. The van der Waals surface area contributed by atoms with Gasteiger partial charge in [-0.25, -0.2) is 4.98 Å². The average molecular weight is 359 g/mol. The molecule has 1 aromatic heterocycles. The molecule has 0 unspecified atom stereocenters. The quantitative estimate of drug-likeness (QED) is 0.467. The molecular formula is C16H10INO. The van der Waals surface area contributed by atoms with Crippen molar-refractivity contribution in [1.82, 2.24) is 4.98 Å². The molecule has 19 heavy (non-hydrogen) atoms. The molecule has 0 spiro atoms. The third-order valence-corrected chi connectivity index (χ3v) is 4.06. The highest BCUT2D eigenvalue weighted by atomic mass is 127. The Morgan fingerprint density at radius 2 is 1.84 bits per heavy atom. The van der Waals surface area contributed by atoms with E-state index >= 15 is 0 Å². The second-order valence-corrected chi connectivity index (χ2v) is 5.61. The molecule has 0 fully saturated rings. The summed E-state index contributed by atoms with van der Waals surface area (Å²) < 4.78 is 5.95. The summed E-state index contributed by atoms with van der Waals surface area (Å²) in [7, 11) is 0. The molecule has 0 radical (unpaired) electrons. The SMILES string of the molecule is Ic1nc(-c2ccc3c(c2)Cc2ccccc2-3)co1. The van der Waals surface area contributed by atoms with E-state index in [9.17, 15) is 0 Å². The number of oxazole rings is 1. The number of halogens is 1. The van der Waals surface area contributed by atoms with Crippen LogP contribution in [0.4, 0.5) is 0 Å². The van der Waals surface area contributed by atoms with Gasteiger partial charge in [0, 0.05) is 28.2 Å². The molecule has 3 heteroatoms. The van der Waals surface area contributed by atoms with Gasteiger partial charge < -0.3 is 4.42 Å². The summed E-state index contributed by atoms with van der Waals surface area (Å²) in [5.41, 5.74) is 7.51. The van der Waals surface area contributed by atoms with E-state index in [4.69, 9.17) is 4.42 Å². The predicted octanol–water partition coefficient (Wildman–Crippen LogP) is 4.52. The lowest BCUT2D eigenvalue weighted by Crippen LogP contribution is -1.84. The zero-order chi connectivity index (χ0) is 12.8. The van der Waals surface area contributed by atoms with E-state index in [-0.39, 0.29) is 0 Å². The summed E-state index contributed by atoms with van der Waals surface area (Å²) >= 11 is 2.09. The van der Waals surface area contributed by atoms with E-state index < -0.39 is 0 Å². The average Bonchev–Trinajstić information content (AvgIpc) is 3.01. The first kappa shape index (κ1) is 11.2. The van der Waals surface area contributed by atoms with Crippen molar-refractivity contribution in [3.63, 3.8) is 0 Å². The first-order chi connectivity index (χ1) is 9.31. The minimum Gasteiger partial charge on any atom is -0.440 e. The van der Waals surface area contributed by atoms with Crippen LogP contribution in [-0.4, -0.2) is 4.98 Å². The van der Waals surface area contributed by atoms with Crippen LogP contribution in [-0.2, 0) is 6.42 Å². The van der Waals surface area contributed by atoms with Crippen molar-refractivity contribution in [2.24, 2.45) is 0 Å². The summed E-state index contributed by atoms with van der Waals surface area (Å²) in [5, 5.41) is 0. The van der Waals surface area contributed by atoms with E-state index in [0.717, 1.165) is 17.7 Å². The fraction of sp³-hybridized carbons (Fsp3) is 0.0625. The lowest BCUT2D eigenvalue weighted by atomic mass is 10.0. The van der Waals surface area contributed by atoms with Crippen molar-refractivity contribution in [2.45, 2.75) is 6.42 Å². The van der Waals surface area contributed by atoms with Gasteiger partial charge in [-0.2, -0.15) is 0 Å². The molecule has 0 aliphatic heterocycles. The third-order valence-electron chi connectivity index (χ3n) is 3.57. The van der Waals surface area contributed by atoms with Gasteiger partial charge in [0.1, 0.15) is 12.0 Å². The first-order valence-electron chi connectivity index (χ1n) is 6.14. The van der Waals surface area contributed by atoms with Gasteiger partial charge in [0.25, 0.3) is 3.90 Å². The molecule has 92 valence electrons. The molecule has 2 nitrogen and oxygen atoms in total. The van der Waals surface area contributed by atoms with E-state index in [1.54, 1.807) is 6.26 Å². The summed E-state index contributed by atoms with van der Waals surface area (Å²) in [6.07, 6.45) is 2.72. The van der Waals surface area contributed by atoms with Gasteiger partial charge >= 0.3 is 0 Å². The van der Waals surface area contributed by atoms with Crippen LogP contribution in [0.2, 0.25) is 0 Å². The van der Waals surface area contributed by atoms with Crippen LogP contribution in [0.5, 0.6) is 0 Å². The van der Waals surface area contributed by atoms with E-state index in [1.165, 1.54) is 22.3 Å². The van der Waals surface area contributed by atoms with Gasteiger partial charge in [0.05, 0.1) is 0 Å². The highest BCUT2D eigenvalue weighted by Crippen LogP contribution is 2.38. The summed E-state index contributed by atoms with van der Waals surface area (Å²) in [5.74, 6) is 0. The van der Waals surface area contributed by atoms with Gasteiger partial charge in [-0.1, -0.05) is 36.4 Å². The standard InChI is InChI=1S/C16H10INO/c17-16-18-15(9-19-16)11-5-6-14-12(8-11)7-10-3-1-2-4-13(10)14/h1-6,8-9H,7H2. The number of hydrogen-bond donors (Lipinski definition) is 0. The lowest BCUT2D eigenvalue weighted by molar-refractivity contribution is 0.525. The van der Waals surface area contributed by atoms with Crippen molar-refractivity contribution in [2.75, 3.05) is 0 Å². The largest absolute Gasteiger partial charge is 0.440 e. The number of benzene rings is 2. The van der Waals surface area contributed by atoms with E-state index in [0.29, 0.717) is 3.90 Å². The smallest absolute Gasteiger partial charge is 0.257 e. The Balaban J connectivity index is 1.83. The minimum absolute atomic E-state index is 0.677. The summed E-state index contributed by atoms with van der Waals surface area (Å²) in [4.78, 5) is 4.38. The normalized spacial score (nSPS) is 12.3. The number of hydrogen-bond acceptors (Lipinski definition) is 2. The molecule has 0 saturated carbocycles. The van der Waals surface area contributed by atoms with Crippen molar-refractivity contribution in [3.8, 4) is 22.4 Å². The van der Waals surface area contributed by atoms with Crippen LogP contribution in [0.1, 0.15) is 11.1 Å². The van der Waals surface area contributed by atoms with Gasteiger partial charge in [0.15, 0.2) is 0 Å². The number of fused-ring (bicyclic) bond motifs is 3. The van der Waals surface area contributed by atoms with Crippen LogP contribution in [0.15, 0.2) is 53.1 Å². The Kier molecular flexibility index (Phi) is 2.48. The predicted molar refractivity (Wildman–Crippen MR) is 82.9 cm³/mol. The highest BCUT2D eigenvalue weighted by Gasteiger charge is 2.18. The maximum atomic E-state index is 5.28. The number of rotatable bonds is 1. The maximum Gasteiger partial charge on any atom is 0.257 e. The zero-order valence-corrected chi connectivity index (χ0v) is 12.2. The molecular weight excluding hydrogens is 349 g/mol. The first-order valence-corrected chi connectivity index (χ1v) is 7.22. The lowest BCUT2D eigenvalue weighted by Gasteiger charge is -2.02. The summed E-state index contributed by atoms with van der Waals surface area (Å²) in [6.45, 7) is 0. The van der Waals surface area contributed by atoms with Crippen LogP contribution in [0.3, 0.4) is 0 Å². The molecule has 0 saturated heterocycles. The maximum absolute atomic E-state index is 5.28. The molecule has 1 aliphatic rings. The van der Waals surface area contributed by atoms with Crippen LogP contribution in [0, 0.1) is 3.90 Å². The van der Waals surface area contributed by atoms with E-state index in [2.05, 4.69) is 70.0 Å². The zero-order valence-electron chi connectivity index (χ0n) is 10.1. The Labute approximate surface area is 124 Å². The molecule has 1 heterocycles. The second kappa shape index (κ2) is 4.20. The van der Waals surface area contributed by atoms with Crippen molar-refractivity contribution in [3.05, 3.63) is 63.8 Å². The molecule has 2 aromatic carbocycles. The van der Waals surface area contributed by atoms with Crippen LogP contribution < -0.4 is 0 Å². The fourth-order valence-electron chi connectivity index (χ4n) is 2.69. The molecule has 0 amide bonds. The van der Waals surface area contributed by atoms with Gasteiger partial charge in [-0.05, 0) is 34.7 Å². The van der Waals surface area contributed by atoms with Crippen molar-refractivity contribution >= 4 is 22.6 Å². The van der Waals surface area contributed by atoms with Crippen LogP contribution in [0.25, 0.3) is 22.4 Å². The second-order valence-electron chi connectivity index (χ2n) is 4.69. The fourth-order valence-corrected chi connectivity index (χ4v) is 3.08. The van der Waals surface area contributed by atoms with Gasteiger partial charge in [-0.3, -0.25) is 0 Å². The Morgan fingerprint density at radius 1 is 1.00 bits per heavy atom. The van der Waals surface area contributed by atoms with Crippen LogP contribution >= 0.6 is 22.6 Å². The molecule has 3 aromatic rings. The Hall–Kier alpha value is -1.62. The topological polar surface area (TPSA) is 26.0 Å². The monoisotopic (exact) mass is 359 g/mol. The Morgan fingerprint density at radius 3 is 2.68 bits per heavy atom. The molecule has 4 rings (SSSR count). The Bertz CT molecular complexity index is 776. The highest BCUT2D eigenvalue weighted by molar-refractivity contribution is 14.1. The summed E-state index contributed by atoms with van der Waals surface area (Å²) in [6, 6.07) is 15.1. The van der Waals surface area contributed by atoms with E-state index in [1.807, 2.05) is 0 Å². The minimum atomic E-state index is 0.677. The molecule has 0 atom stereocenters. The van der Waals surface area contributed by atoms with Gasteiger partial charge in [0.2, 0.25) is 0 Å². The van der Waals surface area contributed by atoms with Gasteiger partial charge in [-0.15, -0.1) is 0 Å². The molecule has 0 bridgehead atoms. The molecule has 0 N–H and O–H groups in total. The van der Waals surface area contributed by atoms with Crippen molar-refractivity contribution < 1.29 is 4.42 Å². The third kappa shape index (κ3) is 1.80. The number of nitrogens with zero attached hydrogens (tertiary/aromatic N) is 1.